The number of rotatable bonds is 2. The summed E-state index contributed by atoms with van der Waals surface area (Å²) in [6.45, 7) is 1.86. The highest BCUT2D eigenvalue weighted by Gasteiger charge is 2.07. The van der Waals surface area contributed by atoms with Gasteiger partial charge in [-0.15, -0.1) is 0 Å². The van der Waals surface area contributed by atoms with E-state index in [0.29, 0.717) is 21.7 Å². The summed E-state index contributed by atoms with van der Waals surface area (Å²) in [7, 11) is 0. The molecule has 0 spiro atoms. The van der Waals surface area contributed by atoms with Crippen molar-refractivity contribution in [3.05, 3.63) is 57.2 Å². The Kier molecular flexibility index (Phi) is 3.23. The Labute approximate surface area is 122 Å². The lowest BCUT2D eigenvalue weighted by Crippen LogP contribution is -1.98. The zero-order valence-electron chi connectivity index (χ0n) is 10.5. The first-order valence-corrected chi connectivity index (χ1v) is 6.60. The fourth-order valence-corrected chi connectivity index (χ4v) is 2.16. The molecular weight excluding hydrogens is 324 g/mol. The Hall–Kier alpha value is -2.21. The number of hydrogen-bond acceptors (Lipinski definition) is 5. The van der Waals surface area contributed by atoms with E-state index < -0.39 is 0 Å². The highest BCUT2D eigenvalue weighted by molar-refractivity contribution is 9.10. The predicted molar refractivity (Wildman–Crippen MR) is 77.0 cm³/mol. The molecule has 0 saturated carbocycles. The van der Waals surface area contributed by atoms with Gasteiger partial charge in [-0.25, -0.2) is 14.8 Å². The van der Waals surface area contributed by atoms with E-state index in [4.69, 9.17) is 9.15 Å². The second-order valence-electron chi connectivity index (χ2n) is 4.18. The van der Waals surface area contributed by atoms with E-state index >= 15 is 0 Å². The number of benzene rings is 1. The lowest BCUT2D eigenvalue weighted by Gasteiger charge is -2.07. The molecule has 100 valence electrons. The van der Waals surface area contributed by atoms with Crippen molar-refractivity contribution >= 4 is 26.9 Å². The maximum absolute atomic E-state index is 11.4. The van der Waals surface area contributed by atoms with Gasteiger partial charge in [0.1, 0.15) is 17.7 Å². The molecule has 0 aliphatic rings. The van der Waals surface area contributed by atoms with Gasteiger partial charge in [0.15, 0.2) is 0 Å². The van der Waals surface area contributed by atoms with Crippen LogP contribution in [0.1, 0.15) is 5.56 Å². The highest BCUT2D eigenvalue weighted by atomic mass is 79.9. The second-order valence-corrected chi connectivity index (χ2v) is 5.04. The first kappa shape index (κ1) is 12.8. The maximum Gasteiger partial charge on any atom is 0.336 e. The van der Waals surface area contributed by atoms with E-state index in [0.717, 1.165) is 10.9 Å². The summed E-state index contributed by atoms with van der Waals surface area (Å²) in [6, 6.07) is 6.77. The number of ether oxygens (including phenoxy) is 1. The van der Waals surface area contributed by atoms with E-state index in [1.54, 1.807) is 18.3 Å². The fraction of sp³-hybridized carbons (Fsp3) is 0.0714. The molecule has 5 nitrogen and oxygen atoms in total. The summed E-state index contributed by atoms with van der Waals surface area (Å²) in [5, 5.41) is 0.874. The van der Waals surface area contributed by atoms with Crippen LogP contribution in [0, 0.1) is 6.92 Å². The first-order valence-electron chi connectivity index (χ1n) is 5.81. The summed E-state index contributed by atoms with van der Waals surface area (Å²) < 4.78 is 11.5. The fourth-order valence-electron chi connectivity index (χ4n) is 1.86. The molecular formula is C14H9BrN2O3. The summed E-state index contributed by atoms with van der Waals surface area (Å²) in [5.41, 5.74) is 0.971. The Morgan fingerprint density at radius 2 is 2.15 bits per heavy atom. The van der Waals surface area contributed by atoms with Crippen molar-refractivity contribution in [1.29, 1.82) is 0 Å². The largest absolute Gasteiger partial charge is 0.438 e. The molecule has 0 atom stereocenters. The molecule has 2 aromatic heterocycles. The standard InChI is InChI=1S/C14H9BrN2O3/c1-8-4-13(18)20-12-5-9(2-3-10(8)12)19-14-11(15)6-16-7-17-14/h2-7H,1H3. The van der Waals surface area contributed by atoms with Crippen molar-refractivity contribution in [1.82, 2.24) is 9.97 Å². The van der Waals surface area contributed by atoms with E-state index in [1.165, 1.54) is 12.4 Å². The van der Waals surface area contributed by atoms with Gasteiger partial charge in [0.2, 0.25) is 5.88 Å². The number of nitrogens with zero attached hydrogens (tertiary/aromatic N) is 2. The van der Waals surface area contributed by atoms with Gasteiger partial charge < -0.3 is 9.15 Å². The van der Waals surface area contributed by atoms with Crippen molar-refractivity contribution in [3.63, 3.8) is 0 Å². The number of halogens is 1. The topological polar surface area (TPSA) is 65.2 Å². The van der Waals surface area contributed by atoms with Crippen LogP contribution in [0.4, 0.5) is 0 Å². The lowest BCUT2D eigenvalue weighted by molar-refractivity contribution is 0.456. The SMILES string of the molecule is Cc1cc(=O)oc2cc(Oc3ncncc3Br)ccc12. The van der Waals surface area contributed by atoms with E-state index in [-0.39, 0.29) is 5.63 Å². The Bertz CT molecular complexity index is 845. The minimum absolute atomic E-state index is 0.379. The molecule has 3 aromatic rings. The van der Waals surface area contributed by atoms with Gasteiger partial charge in [0, 0.05) is 23.7 Å². The molecule has 0 N–H and O–H groups in total. The summed E-state index contributed by atoms with van der Waals surface area (Å²) in [6.07, 6.45) is 2.99. The van der Waals surface area contributed by atoms with Gasteiger partial charge in [0.05, 0.1) is 4.47 Å². The van der Waals surface area contributed by atoms with Gasteiger partial charge >= 0.3 is 5.63 Å². The second kappa shape index (κ2) is 5.05. The van der Waals surface area contributed by atoms with Crippen molar-refractivity contribution in [2.24, 2.45) is 0 Å². The Balaban J connectivity index is 2.05. The zero-order chi connectivity index (χ0) is 14.1. The highest BCUT2D eigenvalue weighted by Crippen LogP contribution is 2.28. The van der Waals surface area contributed by atoms with E-state index in [1.807, 2.05) is 13.0 Å². The van der Waals surface area contributed by atoms with Crippen LogP contribution in [-0.2, 0) is 0 Å². The van der Waals surface area contributed by atoms with Gasteiger partial charge in [-0.1, -0.05) is 0 Å². The number of aryl methyl sites for hydroxylation is 1. The van der Waals surface area contributed by atoms with Crippen LogP contribution in [0.15, 0.2) is 50.5 Å². The van der Waals surface area contributed by atoms with Gasteiger partial charge in [0.25, 0.3) is 0 Å². The van der Waals surface area contributed by atoms with Crippen LogP contribution >= 0.6 is 15.9 Å². The molecule has 0 unspecified atom stereocenters. The van der Waals surface area contributed by atoms with Crippen LogP contribution in [0.2, 0.25) is 0 Å². The normalized spacial score (nSPS) is 10.7. The molecule has 0 aliphatic carbocycles. The molecule has 0 fully saturated rings. The van der Waals surface area contributed by atoms with Gasteiger partial charge in [-0.2, -0.15) is 0 Å². The van der Waals surface area contributed by atoms with Crippen LogP contribution in [0.3, 0.4) is 0 Å². The average molecular weight is 333 g/mol. The third-order valence-electron chi connectivity index (χ3n) is 2.77. The monoisotopic (exact) mass is 332 g/mol. The van der Waals surface area contributed by atoms with Crippen molar-refractivity contribution in [2.45, 2.75) is 6.92 Å². The molecule has 0 saturated heterocycles. The molecule has 0 radical (unpaired) electrons. The molecule has 0 amide bonds. The third-order valence-corrected chi connectivity index (χ3v) is 3.32. The van der Waals surface area contributed by atoms with Crippen LogP contribution in [0.5, 0.6) is 11.6 Å². The molecule has 3 rings (SSSR count). The van der Waals surface area contributed by atoms with Gasteiger partial charge in [-0.3, -0.25) is 0 Å². The van der Waals surface area contributed by atoms with Crippen LogP contribution in [0.25, 0.3) is 11.0 Å². The molecule has 0 aliphatic heterocycles. The molecule has 0 bridgehead atoms. The minimum atomic E-state index is -0.379. The first-order chi connectivity index (χ1) is 9.63. The third kappa shape index (κ3) is 2.42. The lowest BCUT2D eigenvalue weighted by atomic mass is 10.1. The summed E-state index contributed by atoms with van der Waals surface area (Å²) in [4.78, 5) is 19.3. The Morgan fingerprint density at radius 1 is 1.30 bits per heavy atom. The summed E-state index contributed by atoms with van der Waals surface area (Å²) in [5.74, 6) is 0.931. The van der Waals surface area contributed by atoms with Crippen molar-refractivity contribution in [3.8, 4) is 11.6 Å². The quantitative estimate of drug-likeness (QED) is 0.672. The van der Waals surface area contributed by atoms with Gasteiger partial charge in [-0.05, 0) is 40.5 Å². The van der Waals surface area contributed by atoms with E-state index in [9.17, 15) is 4.79 Å². The number of hydrogen-bond donors (Lipinski definition) is 0. The van der Waals surface area contributed by atoms with Crippen LogP contribution in [-0.4, -0.2) is 9.97 Å². The minimum Gasteiger partial charge on any atom is -0.438 e. The zero-order valence-corrected chi connectivity index (χ0v) is 12.0. The number of aromatic nitrogens is 2. The molecule has 20 heavy (non-hydrogen) atoms. The van der Waals surface area contributed by atoms with Crippen LogP contribution < -0.4 is 10.4 Å². The molecule has 2 heterocycles. The predicted octanol–water partition coefficient (Wildman–Crippen LogP) is 3.45. The van der Waals surface area contributed by atoms with Crippen molar-refractivity contribution < 1.29 is 9.15 Å². The number of fused-ring (bicyclic) bond motifs is 1. The molecule has 1 aromatic carbocycles. The average Bonchev–Trinajstić information content (AvgIpc) is 2.41. The Morgan fingerprint density at radius 3 is 2.95 bits per heavy atom. The smallest absolute Gasteiger partial charge is 0.336 e. The molecule has 6 heteroatoms. The maximum atomic E-state index is 11.4. The summed E-state index contributed by atoms with van der Waals surface area (Å²) >= 11 is 3.30. The van der Waals surface area contributed by atoms with Crippen molar-refractivity contribution in [2.75, 3.05) is 0 Å². The van der Waals surface area contributed by atoms with E-state index in [2.05, 4.69) is 25.9 Å².